The highest BCUT2D eigenvalue weighted by molar-refractivity contribution is 7.85. The second kappa shape index (κ2) is 8.10. The van der Waals surface area contributed by atoms with Gasteiger partial charge in [0.15, 0.2) is 8.32 Å². The van der Waals surface area contributed by atoms with Gasteiger partial charge >= 0.3 is 0 Å². The highest BCUT2D eigenvalue weighted by Crippen LogP contribution is 2.59. The highest BCUT2D eigenvalue weighted by Gasteiger charge is 2.53. The Balaban J connectivity index is 1.80. The number of rotatable bonds is 6. The molecule has 0 aromatic heterocycles. The smallest absolute Gasteiger partial charge is 0.294 e. The van der Waals surface area contributed by atoms with Crippen LogP contribution in [0.25, 0.3) is 0 Å². The van der Waals surface area contributed by atoms with Gasteiger partial charge in [0.2, 0.25) is 0 Å². The van der Waals surface area contributed by atoms with Crippen LogP contribution in [-0.2, 0) is 21.0 Å². The van der Waals surface area contributed by atoms with E-state index in [1.165, 1.54) is 38.2 Å². The molecule has 29 heavy (non-hydrogen) atoms. The van der Waals surface area contributed by atoms with Crippen LogP contribution in [0.15, 0.2) is 23.1 Å². The van der Waals surface area contributed by atoms with Crippen LogP contribution in [0.5, 0.6) is 0 Å². The minimum Gasteiger partial charge on any atom is -0.414 e. The standard InChI is InChI=1S/C23H38O4SSi/c1-16-9-10-19(28(24,25)26)15-18(16)14-17(2)20-11-12-21-22(27-29(4,5)6)8-7-13-23(20,21)3/h9-10,15,17,20-22H,7-8,11-14H2,1-6H3,(H,24,25,26)/t17-,20-,21?,22?,23-/m1/s1. The van der Waals surface area contributed by atoms with Crippen molar-refractivity contribution in [2.24, 2.45) is 23.2 Å². The Labute approximate surface area is 178 Å². The van der Waals surface area contributed by atoms with E-state index in [2.05, 4.69) is 33.5 Å². The molecule has 0 aliphatic heterocycles. The average Bonchev–Trinajstić information content (AvgIpc) is 2.92. The molecule has 0 spiro atoms. The van der Waals surface area contributed by atoms with Gasteiger partial charge in [0.25, 0.3) is 10.1 Å². The largest absolute Gasteiger partial charge is 0.414 e. The van der Waals surface area contributed by atoms with Gasteiger partial charge < -0.3 is 4.43 Å². The fourth-order valence-corrected chi connectivity index (χ4v) is 7.93. The molecular weight excluding hydrogens is 400 g/mol. The van der Waals surface area contributed by atoms with Crippen molar-refractivity contribution in [1.82, 2.24) is 0 Å². The van der Waals surface area contributed by atoms with Gasteiger partial charge in [0.1, 0.15) is 0 Å². The van der Waals surface area contributed by atoms with E-state index in [1.807, 2.05) is 13.0 Å². The molecule has 2 aliphatic rings. The van der Waals surface area contributed by atoms with Crippen LogP contribution in [0.3, 0.4) is 0 Å². The summed E-state index contributed by atoms with van der Waals surface area (Å²) in [7, 11) is -5.73. The number of fused-ring (bicyclic) bond motifs is 1. The lowest BCUT2D eigenvalue weighted by molar-refractivity contribution is -0.0176. The molecule has 0 heterocycles. The van der Waals surface area contributed by atoms with Crippen molar-refractivity contribution in [2.75, 3.05) is 0 Å². The summed E-state index contributed by atoms with van der Waals surface area (Å²) in [5.41, 5.74) is 2.43. The van der Waals surface area contributed by atoms with E-state index >= 15 is 0 Å². The molecule has 3 rings (SSSR count). The topological polar surface area (TPSA) is 63.6 Å². The third-order valence-corrected chi connectivity index (χ3v) is 9.35. The van der Waals surface area contributed by atoms with Crippen molar-refractivity contribution in [2.45, 2.75) is 89.9 Å². The Bertz CT molecular complexity index is 845. The predicted molar refractivity (Wildman–Crippen MR) is 120 cm³/mol. The molecule has 164 valence electrons. The maximum atomic E-state index is 11.6. The van der Waals surface area contributed by atoms with Gasteiger partial charge in [-0.1, -0.05) is 26.3 Å². The Morgan fingerprint density at radius 2 is 1.93 bits per heavy atom. The van der Waals surface area contributed by atoms with Crippen molar-refractivity contribution in [3.63, 3.8) is 0 Å². The minimum absolute atomic E-state index is 0.00192. The lowest BCUT2D eigenvalue weighted by Gasteiger charge is -2.48. The number of hydrogen-bond acceptors (Lipinski definition) is 3. The van der Waals surface area contributed by atoms with Crippen molar-refractivity contribution >= 4 is 18.4 Å². The van der Waals surface area contributed by atoms with Crippen LogP contribution in [0.4, 0.5) is 0 Å². The minimum atomic E-state index is -4.17. The van der Waals surface area contributed by atoms with Crippen LogP contribution in [0, 0.1) is 30.1 Å². The third-order valence-electron chi connectivity index (χ3n) is 7.49. The van der Waals surface area contributed by atoms with Gasteiger partial charge in [-0.3, -0.25) is 4.55 Å². The second-order valence-corrected chi connectivity index (χ2v) is 16.6. The highest BCUT2D eigenvalue weighted by atomic mass is 32.2. The zero-order valence-corrected chi connectivity index (χ0v) is 20.7. The first-order chi connectivity index (χ1) is 13.3. The molecule has 0 bridgehead atoms. The summed E-state index contributed by atoms with van der Waals surface area (Å²) in [5.74, 6) is 1.72. The van der Waals surface area contributed by atoms with Crippen molar-refractivity contribution in [3.8, 4) is 0 Å². The molecular formula is C23H38O4SSi. The summed E-state index contributed by atoms with van der Waals surface area (Å²) >= 11 is 0. The van der Waals surface area contributed by atoms with Crippen LogP contribution in [0.1, 0.15) is 57.1 Å². The summed E-state index contributed by atoms with van der Waals surface area (Å²) in [6.07, 6.45) is 7.42. The molecule has 0 amide bonds. The van der Waals surface area contributed by atoms with E-state index in [-0.39, 0.29) is 4.90 Å². The Morgan fingerprint density at radius 1 is 1.24 bits per heavy atom. The normalized spacial score (nSPS) is 31.5. The first-order valence-electron chi connectivity index (χ1n) is 11.1. The molecule has 6 heteroatoms. The maximum Gasteiger partial charge on any atom is 0.294 e. The van der Waals surface area contributed by atoms with Crippen molar-refractivity contribution in [1.29, 1.82) is 0 Å². The average molecular weight is 439 g/mol. The maximum absolute atomic E-state index is 11.6. The first kappa shape index (κ1) is 23.0. The summed E-state index contributed by atoms with van der Waals surface area (Å²) in [4.78, 5) is 0.00192. The fraction of sp³-hybridized carbons (Fsp3) is 0.739. The van der Waals surface area contributed by atoms with E-state index in [1.54, 1.807) is 6.07 Å². The summed E-state index contributed by atoms with van der Waals surface area (Å²) in [6, 6.07) is 4.96. The van der Waals surface area contributed by atoms with Gasteiger partial charge in [0.05, 0.1) is 4.90 Å². The lowest BCUT2D eigenvalue weighted by Crippen LogP contribution is -2.46. The molecule has 1 N–H and O–H groups in total. The SMILES string of the molecule is Cc1ccc(S(=O)(=O)O)cc1C[C@@H](C)[C@H]1CCC2C(O[Si](C)(C)C)CCC[C@@]21C. The molecule has 4 nitrogen and oxygen atoms in total. The quantitative estimate of drug-likeness (QED) is 0.446. The molecule has 1 aromatic carbocycles. The van der Waals surface area contributed by atoms with Gasteiger partial charge in [-0.05, 0) is 105 Å². The third kappa shape index (κ3) is 4.97. The van der Waals surface area contributed by atoms with Crippen LogP contribution in [-0.4, -0.2) is 27.4 Å². The summed E-state index contributed by atoms with van der Waals surface area (Å²) in [5, 5.41) is 0. The molecule has 2 aliphatic carbocycles. The van der Waals surface area contributed by atoms with E-state index in [9.17, 15) is 13.0 Å². The molecule has 2 saturated carbocycles. The lowest BCUT2D eigenvalue weighted by atomic mass is 9.61. The number of benzene rings is 1. The number of hydrogen-bond donors (Lipinski definition) is 1. The van der Waals surface area contributed by atoms with Crippen LogP contribution < -0.4 is 0 Å². The molecule has 2 unspecified atom stereocenters. The monoisotopic (exact) mass is 438 g/mol. The van der Waals surface area contributed by atoms with Crippen LogP contribution >= 0.6 is 0 Å². The number of aryl methyl sites for hydroxylation is 1. The second-order valence-electron chi connectivity index (χ2n) is 10.7. The van der Waals surface area contributed by atoms with Gasteiger partial charge in [-0.25, -0.2) is 0 Å². The van der Waals surface area contributed by atoms with E-state index in [0.717, 1.165) is 17.5 Å². The van der Waals surface area contributed by atoms with Crippen molar-refractivity contribution in [3.05, 3.63) is 29.3 Å². The molecule has 2 fully saturated rings. The zero-order valence-electron chi connectivity index (χ0n) is 18.9. The summed E-state index contributed by atoms with van der Waals surface area (Å²) < 4.78 is 39.2. The van der Waals surface area contributed by atoms with E-state index in [0.29, 0.717) is 29.3 Å². The molecule has 1 aromatic rings. The Hall–Kier alpha value is -0.693. The van der Waals surface area contributed by atoms with Crippen molar-refractivity contribution < 1.29 is 17.4 Å². The molecule has 0 radical (unpaired) electrons. The Kier molecular flexibility index (Phi) is 6.42. The fourth-order valence-electron chi connectivity index (χ4n) is 6.21. The predicted octanol–water partition coefficient (Wildman–Crippen LogP) is 5.86. The molecule has 0 saturated heterocycles. The Morgan fingerprint density at radius 3 is 2.55 bits per heavy atom. The molecule has 5 atom stereocenters. The van der Waals surface area contributed by atoms with Gasteiger partial charge in [-0.2, -0.15) is 8.42 Å². The van der Waals surface area contributed by atoms with Gasteiger partial charge in [0, 0.05) is 6.10 Å². The first-order valence-corrected chi connectivity index (χ1v) is 15.9. The van der Waals surface area contributed by atoms with E-state index < -0.39 is 18.4 Å². The zero-order chi connectivity index (χ0) is 21.6. The van der Waals surface area contributed by atoms with E-state index in [4.69, 9.17) is 4.43 Å². The van der Waals surface area contributed by atoms with Crippen LogP contribution in [0.2, 0.25) is 19.6 Å². The summed E-state index contributed by atoms with van der Waals surface area (Å²) in [6.45, 7) is 13.7. The van der Waals surface area contributed by atoms with Gasteiger partial charge in [-0.15, -0.1) is 0 Å².